The van der Waals surface area contributed by atoms with Gasteiger partial charge < -0.3 is 10.1 Å². The van der Waals surface area contributed by atoms with Crippen LogP contribution >= 0.6 is 11.6 Å². The number of nitrogens with one attached hydrogen (secondary N) is 2. The standard InChI is InChI=1S/C26H20ClFN2O4S/c27-23-9-5-4-8-22(23)26(31)29-25-15-14-21(16-24(25)28)35(32,33)30-19-10-12-20(13-11-19)34-17-18-6-2-1-3-7-18/h1-16,30H,17H2,(H,29,31). The number of ether oxygens (including phenoxy) is 1. The van der Waals surface area contributed by atoms with Gasteiger partial charge in [-0.1, -0.05) is 54.1 Å². The number of halogens is 2. The van der Waals surface area contributed by atoms with E-state index < -0.39 is 21.7 Å². The molecule has 4 rings (SSSR count). The summed E-state index contributed by atoms with van der Waals surface area (Å²) in [5, 5.41) is 2.61. The molecule has 0 atom stereocenters. The molecule has 0 fully saturated rings. The van der Waals surface area contributed by atoms with Crippen molar-refractivity contribution in [1.29, 1.82) is 0 Å². The molecule has 9 heteroatoms. The van der Waals surface area contributed by atoms with Gasteiger partial charge in [0.2, 0.25) is 0 Å². The molecule has 6 nitrogen and oxygen atoms in total. The molecule has 0 aliphatic heterocycles. The van der Waals surface area contributed by atoms with Crippen molar-refractivity contribution in [2.75, 3.05) is 10.0 Å². The molecule has 0 spiro atoms. The third-order valence-corrected chi connectivity index (χ3v) is 6.68. The fraction of sp³-hybridized carbons (Fsp3) is 0.0385. The first-order chi connectivity index (χ1) is 16.8. The van der Waals surface area contributed by atoms with Crippen molar-refractivity contribution < 1.29 is 22.3 Å². The van der Waals surface area contributed by atoms with E-state index in [-0.39, 0.29) is 26.9 Å². The summed E-state index contributed by atoms with van der Waals surface area (Å²) in [5.41, 5.74) is 1.29. The van der Waals surface area contributed by atoms with Gasteiger partial charge in [0.1, 0.15) is 18.2 Å². The Bertz CT molecular complexity index is 1450. The zero-order chi connectivity index (χ0) is 24.8. The van der Waals surface area contributed by atoms with Crippen molar-refractivity contribution in [2.24, 2.45) is 0 Å². The summed E-state index contributed by atoms with van der Waals surface area (Å²) < 4.78 is 48.2. The lowest BCUT2D eigenvalue weighted by Gasteiger charge is -2.12. The summed E-state index contributed by atoms with van der Waals surface area (Å²) in [5.74, 6) is -0.947. The van der Waals surface area contributed by atoms with Gasteiger partial charge in [-0.2, -0.15) is 0 Å². The van der Waals surface area contributed by atoms with E-state index in [9.17, 15) is 17.6 Å². The molecule has 1 amide bonds. The first-order valence-corrected chi connectivity index (χ1v) is 12.3. The molecule has 0 aliphatic carbocycles. The van der Waals surface area contributed by atoms with Crippen LogP contribution in [0.15, 0.2) is 102 Å². The number of anilines is 2. The topological polar surface area (TPSA) is 84.5 Å². The van der Waals surface area contributed by atoms with Crippen molar-refractivity contribution in [3.63, 3.8) is 0 Å². The lowest BCUT2D eigenvalue weighted by Crippen LogP contribution is -2.15. The second-order valence-corrected chi connectivity index (χ2v) is 9.57. The predicted octanol–water partition coefficient (Wildman–Crippen LogP) is 6.11. The van der Waals surface area contributed by atoms with Crippen LogP contribution < -0.4 is 14.8 Å². The van der Waals surface area contributed by atoms with E-state index >= 15 is 0 Å². The van der Waals surface area contributed by atoms with E-state index in [1.165, 1.54) is 24.3 Å². The lowest BCUT2D eigenvalue weighted by molar-refractivity contribution is 0.102. The molecule has 0 unspecified atom stereocenters. The molecule has 0 aromatic heterocycles. The molecule has 0 radical (unpaired) electrons. The first kappa shape index (κ1) is 24.3. The van der Waals surface area contributed by atoms with Gasteiger partial charge in [0, 0.05) is 5.69 Å². The molecule has 178 valence electrons. The quantitative estimate of drug-likeness (QED) is 0.299. The van der Waals surface area contributed by atoms with Gasteiger partial charge in [-0.05, 0) is 60.2 Å². The predicted molar refractivity (Wildman–Crippen MR) is 134 cm³/mol. The Labute approximate surface area is 207 Å². The molecule has 35 heavy (non-hydrogen) atoms. The molecule has 0 aliphatic rings. The van der Waals surface area contributed by atoms with Crippen LogP contribution in [0.5, 0.6) is 5.75 Å². The molecule has 2 N–H and O–H groups in total. The van der Waals surface area contributed by atoms with Crippen LogP contribution in [0.1, 0.15) is 15.9 Å². The van der Waals surface area contributed by atoms with E-state index in [0.29, 0.717) is 12.4 Å². The Hall–Kier alpha value is -3.88. The van der Waals surface area contributed by atoms with Gasteiger partial charge in [-0.25, -0.2) is 12.8 Å². The van der Waals surface area contributed by atoms with Crippen LogP contribution in [0.25, 0.3) is 0 Å². The van der Waals surface area contributed by atoms with Gasteiger partial charge in [0.25, 0.3) is 15.9 Å². The maximum absolute atomic E-state index is 14.6. The van der Waals surface area contributed by atoms with Gasteiger partial charge >= 0.3 is 0 Å². The van der Waals surface area contributed by atoms with Crippen molar-refractivity contribution in [3.05, 3.63) is 119 Å². The average Bonchev–Trinajstić information content (AvgIpc) is 2.85. The Morgan fingerprint density at radius 3 is 2.26 bits per heavy atom. The lowest BCUT2D eigenvalue weighted by atomic mass is 10.2. The average molecular weight is 511 g/mol. The van der Waals surface area contributed by atoms with Gasteiger partial charge in [0.15, 0.2) is 0 Å². The summed E-state index contributed by atoms with van der Waals surface area (Å²) in [7, 11) is -4.07. The number of carbonyl (C=O) groups excluding carboxylic acids is 1. The number of benzene rings is 4. The molecular formula is C26H20ClFN2O4S. The SMILES string of the molecule is O=C(Nc1ccc(S(=O)(=O)Nc2ccc(OCc3ccccc3)cc2)cc1F)c1ccccc1Cl. The largest absolute Gasteiger partial charge is 0.489 e. The van der Waals surface area contributed by atoms with Gasteiger partial charge in [-0.3, -0.25) is 9.52 Å². The van der Waals surface area contributed by atoms with Crippen molar-refractivity contribution in [1.82, 2.24) is 0 Å². The van der Waals surface area contributed by atoms with Crippen LogP contribution in [0.4, 0.5) is 15.8 Å². The third kappa shape index (κ3) is 6.17. The molecule has 0 heterocycles. The summed E-state index contributed by atoms with van der Waals surface area (Å²) in [6.07, 6.45) is 0. The Kier molecular flexibility index (Phi) is 7.33. The zero-order valence-corrected chi connectivity index (χ0v) is 19.8. The summed E-state index contributed by atoms with van der Waals surface area (Å²) in [4.78, 5) is 12.1. The maximum atomic E-state index is 14.6. The fourth-order valence-electron chi connectivity index (χ4n) is 3.17. The number of hydrogen-bond donors (Lipinski definition) is 2. The first-order valence-electron chi connectivity index (χ1n) is 10.5. The van der Waals surface area contributed by atoms with Crippen molar-refractivity contribution in [2.45, 2.75) is 11.5 Å². The van der Waals surface area contributed by atoms with Crippen LogP contribution in [-0.4, -0.2) is 14.3 Å². The Balaban J connectivity index is 1.41. The number of rotatable bonds is 8. The molecule has 4 aromatic rings. The molecular weight excluding hydrogens is 491 g/mol. The fourth-order valence-corrected chi connectivity index (χ4v) is 4.47. The van der Waals surface area contributed by atoms with Crippen molar-refractivity contribution >= 4 is 38.9 Å². The van der Waals surface area contributed by atoms with Crippen LogP contribution in [-0.2, 0) is 16.6 Å². The van der Waals surface area contributed by atoms with E-state index in [4.69, 9.17) is 16.3 Å². The van der Waals surface area contributed by atoms with Crippen LogP contribution in [0.2, 0.25) is 5.02 Å². The number of hydrogen-bond acceptors (Lipinski definition) is 4. The second-order valence-electron chi connectivity index (χ2n) is 7.48. The highest BCUT2D eigenvalue weighted by molar-refractivity contribution is 7.92. The zero-order valence-electron chi connectivity index (χ0n) is 18.2. The normalized spacial score (nSPS) is 11.0. The van der Waals surface area contributed by atoms with E-state index in [2.05, 4.69) is 10.0 Å². The Morgan fingerprint density at radius 2 is 1.57 bits per heavy atom. The summed E-state index contributed by atoms with van der Waals surface area (Å²) in [6.45, 7) is 0.380. The monoisotopic (exact) mass is 510 g/mol. The van der Waals surface area contributed by atoms with E-state index in [0.717, 1.165) is 11.6 Å². The van der Waals surface area contributed by atoms with Crippen molar-refractivity contribution in [3.8, 4) is 5.75 Å². The Morgan fingerprint density at radius 1 is 0.886 bits per heavy atom. The van der Waals surface area contributed by atoms with Gasteiger partial charge in [-0.15, -0.1) is 0 Å². The molecule has 0 saturated carbocycles. The number of carbonyl (C=O) groups is 1. The summed E-state index contributed by atoms with van der Waals surface area (Å²) in [6, 6.07) is 25.5. The number of amides is 1. The molecule has 0 saturated heterocycles. The van der Waals surface area contributed by atoms with E-state index in [1.807, 2.05) is 30.3 Å². The minimum atomic E-state index is -4.07. The van der Waals surface area contributed by atoms with Crippen LogP contribution in [0, 0.1) is 5.82 Å². The highest BCUT2D eigenvalue weighted by Crippen LogP contribution is 2.24. The summed E-state index contributed by atoms with van der Waals surface area (Å²) >= 11 is 5.99. The maximum Gasteiger partial charge on any atom is 0.261 e. The minimum absolute atomic E-state index is 0.170. The van der Waals surface area contributed by atoms with Crippen LogP contribution in [0.3, 0.4) is 0 Å². The second kappa shape index (κ2) is 10.6. The smallest absolute Gasteiger partial charge is 0.261 e. The molecule has 4 aromatic carbocycles. The third-order valence-electron chi connectivity index (χ3n) is 4.97. The van der Waals surface area contributed by atoms with E-state index in [1.54, 1.807) is 36.4 Å². The molecule has 0 bridgehead atoms. The van der Waals surface area contributed by atoms with Gasteiger partial charge in [0.05, 0.1) is 21.2 Å². The minimum Gasteiger partial charge on any atom is -0.489 e. The number of sulfonamides is 1. The highest BCUT2D eigenvalue weighted by atomic mass is 35.5. The highest BCUT2D eigenvalue weighted by Gasteiger charge is 2.18.